The van der Waals surface area contributed by atoms with Crippen molar-refractivity contribution in [2.24, 2.45) is 0 Å². The molecule has 1 aromatic heterocycles. The third kappa shape index (κ3) is 3.67. The molecule has 0 aliphatic carbocycles. The zero-order valence-electron chi connectivity index (χ0n) is 9.22. The minimum Gasteiger partial charge on any atom is -0.383 e. The monoisotopic (exact) mass is 268 g/mol. The number of aryl methyl sites for hydroxylation is 1. The van der Waals surface area contributed by atoms with E-state index in [-0.39, 0.29) is 17.1 Å². The number of thiazole rings is 1. The Bertz CT molecular complexity index is 403. The summed E-state index contributed by atoms with van der Waals surface area (Å²) in [5.74, 6) is -0.562. The molecule has 0 aliphatic rings. The molecule has 0 aliphatic heterocycles. The van der Waals surface area contributed by atoms with E-state index in [1.54, 1.807) is 0 Å². The van der Waals surface area contributed by atoms with Gasteiger partial charge in [-0.2, -0.15) is 13.2 Å². The summed E-state index contributed by atoms with van der Waals surface area (Å²) >= 11 is 0.344. The fourth-order valence-electron chi connectivity index (χ4n) is 1.08. The molecule has 1 rings (SSSR count). The van der Waals surface area contributed by atoms with Gasteiger partial charge in [0.15, 0.2) is 5.01 Å². The average Bonchev–Trinajstić information content (AvgIpc) is 2.60. The van der Waals surface area contributed by atoms with Gasteiger partial charge in [-0.3, -0.25) is 4.79 Å². The number of alkyl halides is 3. The molecule has 4 nitrogen and oxygen atoms in total. The van der Waals surface area contributed by atoms with Crippen LogP contribution in [0.25, 0.3) is 0 Å². The molecule has 0 saturated carbocycles. The Morgan fingerprint density at radius 3 is 2.65 bits per heavy atom. The molecule has 1 heterocycles. The summed E-state index contributed by atoms with van der Waals surface area (Å²) in [6.45, 7) is 1.92. The Morgan fingerprint density at radius 1 is 1.53 bits per heavy atom. The van der Waals surface area contributed by atoms with Crippen LogP contribution in [0.1, 0.15) is 20.4 Å². The van der Waals surface area contributed by atoms with E-state index >= 15 is 0 Å². The molecule has 1 amide bonds. The molecule has 0 saturated heterocycles. The van der Waals surface area contributed by atoms with Gasteiger partial charge in [-0.1, -0.05) is 0 Å². The van der Waals surface area contributed by atoms with E-state index in [0.717, 1.165) is 0 Å². The number of carbonyl (C=O) groups is 1. The second kappa shape index (κ2) is 5.46. The second-order valence-corrected chi connectivity index (χ2v) is 4.18. The number of hydrogen-bond acceptors (Lipinski definition) is 4. The first kappa shape index (κ1) is 13.9. The van der Waals surface area contributed by atoms with Gasteiger partial charge in [0.1, 0.15) is 4.88 Å². The van der Waals surface area contributed by atoms with Crippen molar-refractivity contribution in [3.8, 4) is 0 Å². The lowest BCUT2D eigenvalue weighted by Crippen LogP contribution is -2.26. The predicted molar refractivity (Wildman–Crippen MR) is 56.1 cm³/mol. The molecule has 96 valence electrons. The van der Waals surface area contributed by atoms with E-state index in [9.17, 15) is 18.0 Å². The average molecular weight is 268 g/mol. The van der Waals surface area contributed by atoms with Crippen LogP contribution in [-0.4, -0.2) is 31.2 Å². The molecule has 0 aromatic carbocycles. The van der Waals surface area contributed by atoms with E-state index in [1.165, 1.54) is 14.0 Å². The molecule has 0 fully saturated rings. The Morgan fingerprint density at radius 2 is 2.18 bits per heavy atom. The van der Waals surface area contributed by atoms with Gasteiger partial charge in [0, 0.05) is 13.7 Å². The second-order valence-electron chi connectivity index (χ2n) is 3.18. The Kier molecular flexibility index (Phi) is 4.47. The molecule has 0 radical (unpaired) electrons. The minimum atomic E-state index is -4.51. The van der Waals surface area contributed by atoms with Crippen molar-refractivity contribution in [1.29, 1.82) is 0 Å². The Hall–Kier alpha value is -1.15. The van der Waals surface area contributed by atoms with Crippen molar-refractivity contribution in [1.82, 2.24) is 10.3 Å². The maximum atomic E-state index is 12.3. The smallest absolute Gasteiger partial charge is 0.383 e. The number of halogens is 3. The molecule has 1 aromatic rings. The highest BCUT2D eigenvalue weighted by atomic mass is 32.1. The van der Waals surface area contributed by atoms with Crippen molar-refractivity contribution in [3.05, 3.63) is 15.6 Å². The maximum Gasteiger partial charge on any atom is 0.443 e. The number of rotatable bonds is 4. The largest absolute Gasteiger partial charge is 0.443 e. The normalized spacial score (nSPS) is 11.6. The van der Waals surface area contributed by atoms with Crippen molar-refractivity contribution in [3.63, 3.8) is 0 Å². The summed E-state index contributed by atoms with van der Waals surface area (Å²) in [5, 5.41) is 1.44. The number of nitrogens with zero attached hydrogens (tertiary/aromatic N) is 1. The number of carbonyl (C=O) groups excluding carboxylic acids is 1. The van der Waals surface area contributed by atoms with Crippen LogP contribution in [0.4, 0.5) is 13.2 Å². The van der Waals surface area contributed by atoms with Gasteiger partial charge < -0.3 is 10.1 Å². The van der Waals surface area contributed by atoms with Crippen molar-refractivity contribution in [2.75, 3.05) is 20.3 Å². The van der Waals surface area contributed by atoms with Gasteiger partial charge in [-0.05, 0) is 6.92 Å². The summed E-state index contributed by atoms with van der Waals surface area (Å²) in [6, 6.07) is 0. The van der Waals surface area contributed by atoms with Crippen LogP contribution in [0, 0.1) is 6.92 Å². The summed E-state index contributed by atoms with van der Waals surface area (Å²) in [4.78, 5) is 14.8. The van der Waals surface area contributed by atoms with Crippen molar-refractivity contribution in [2.45, 2.75) is 13.1 Å². The van der Waals surface area contributed by atoms with E-state index in [1.807, 2.05) is 0 Å². The van der Waals surface area contributed by atoms with Gasteiger partial charge in [-0.15, -0.1) is 11.3 Å². The molecule has 0 bridgehead atoms. The highest BCUT2D eigenvalue weighted by Crippen LogP contribution is 2.33. The molecule has 0 spiro atoms. The summed E-state index contributed by atoms with van der Waals surface area (Å²) in [5.41, 5.74) is 0.0808. The van der Waals surface area contributed by atoms with Crippen molar-refractivity contribution < 1.29 is 22.7 Å². The quantitative estimate of drug-likeness (QED) is 0.848. The van der Waals surface area contributed by atoms with Crippen molar-refractivity contribution >= 4 is 17.2 Å². The van der Waals surface area contributed by atoms with E-state index in [4.69, 9.17) is 4.74 Å². The minimum absolute atomic E-state index is 0.0200. The van der Waals surface area contributed by atoms with Gasteiger partial charge in [0.25, 0.3) is 5.91 Å². The first-order valence-electron chi connectivity index (χ1n) is 4.68. The number of methoxy groups -OCH3 is 1. The number of ether oxygens (including phenoxy) is 1. The Labute approximate surface area is 99.8 Å². The Balaban J connectivity index is 2.77. The first-order valence-corrected chi connectivity index (χ1v) is 5.49. The van der Waals surface area contributed by atoms with Crippen LogP contribution >= 0.6 is 11.3 Å². The highest BCUT2D eigenvalue weighted by molar-refractivity contribution is 7.13. The predicted octanol–water partition coefficient (Wildman–Crippen LogP) is 1.85. The first-order chi connectivity index (χ1) is 7.86. The molecule has 8 heteroatoms. The van der Waals surface area contributed by atoms with Gasteiger partial charge in [-0.25, -0.2) is 4.98 Å². The van der Waals surface area contributed by atoms with E-state index < -0.39 is 17.1 Å². The fourth-order valence-corrected chi connectivity index (χ4v) is 1.93. The summed E-state index contributed by atoms with van der Waals surface area (Å²) in [6.07, 6.45) is -4.51. The third-order valence-corrected chi connectivity index (χ3v) is 3.04. The van der Waals surface area contributed by atoms with E-state index in [0.29, 0.717) is 17.9 Å². The topological polar surface area (TPSA) is 51.2 Å². The van der Waals surface area contributed by atoms with Crippen LogP contribution in [0.5, 0.6) is 0 Å². The zero-order chi connectivity index (χ0) is 13.1. The van der Waals surface area contributed by atoms with Crippen LogP contribution in [-0.2, 0) is 10.9 Å². The lowest BCUT2D eigenvalue weighted by atomic mass is 10.4. The zero-order valence-corrected chi connectivity index (χ0v) is 10.0. The standard InChI is InChI=1S/C9H11F3N2O2S/c1-5-6(7(15)13-3-4-16-2)17-8(14-5)9(10,11)12/h3-4H2,1-2H3,(H,13,15). The lowest BCUT2D eigenvalue weighted by Gasteiger charge is -2.02. The van der Waals surface area contributed by atoms with Crippen LogP contribution in [0.2, 0.25) is 0 Å². The summed E-state index contributed by atoms with van der Waals surface area (Å²) < 4.78 is 41.8. The molecule has 0 atom stereocenters. The molecule has 1 N–H and O–H groups in total. The highest BCUT2D eigenvalue weighted by Gasteiger charge is 2.36. The van der Waals surface area contributed by atoms with Crippen LogP contribution in [0.15, 0.2) is 0 Å². The number of aromatic nitrogens is 1. The molecular weight excluding hydrogens is 257 g/mol. The number of hydrogen-bond donors (Lipinski definition) is 1. The SMILES string of the molecule is COCCNC(=O)c1sc(C(F)(F)F)nc1C. The fraction of sp³-hybridized carbons (Fsp3) is 0.556. The van der Waals surface area contributed by atoms with Gasteiger partial charge >= 0.3 is 6.18 Å². The maximum absolute atomic E-state index is 12.3. The summed E-state index contributed by atoms with van der Waals surface area (Å²) in [7, 11) is 1.46. The van der Waals surface area contributed by atoms with Gasteiger partial charge in [0.2, 0.25) is 0 Å². The van der Waals surface area contributed by atoms with Gasteiger partial charge in [0.05, 0.1) is 12.3 Å². The molecule has 17 heavy (non-hydrogen) atoms. The number of nitrogens with one attached hydrogen (secondary N) is 1. The number of amides is 1. The van der Waals surface area contributed by atoms with Crippen LogP contribution in [0.3, 0.4) is 0 Å². The molecule has 0 unspecified atom stereocenters. The van der Waals surface area contributed by atoms with Crippen LogP contribution < -0.4 is 5.32 Å². The third-order valence-electron chi connectivity index (χ3n) is 1.84. The molecular formula is C9H11F3N2O2S. The van der Waals surface area contributed by atoms with E-state index in [2.05, 4.69) is 10.3 Å². The lowest BCUT2D eigenvalue weighted by molar-refractivity contribution is -0.137.